The largest absolute Gasteiger partial charge is 0.454 e. The van der Waals surface area contributed by atoms with E-state index in [9.17, 15) is 0 Å². The Bertz CT molecular complexity index is 586. The fraction of sp³-hybridized carbons (Fsp3) is 0.200. The summed E-state index contributed by atoms with van der Waals surface area (Å²) in [5.41, 5.74) is 2.56. The van der Waals surface area contributed by atoms with Crippen molar-refractivity contribution in [2.75, 3.05) is 6.79 Å². The Balaban J connectivity index is 1.58. The average molecular weight is 321 g/mol. The van der Waals surface area contributed by atoms with Gasteiger partial charge in [-0.05, 0) is 30.3 Å². The van der Waals surface area contributed by atoms with Crippen LogP contribution in [-0.2, 0) is 13.1 Å². The van der Waals surface area contributed by atoms with Crippen LogP contribution in [0.2, 0.25) is 0 Å². The first-order chi connectivity index (χ1) is 9.31. The summed E-state index contributed by atoms with van der Waals surface area (Å²) < 4.78 is 11.8. The van der Waals surface area contributed by atoms with Crippen molar-refractivity contribution >= 4 is 15.9 Å². The summed E-state index contributed by atoms with van der Waals surface area (Å²) in [6, 6.07) is 14.5. The standard InChI is InChI=1S/C15H14BrNO2/c16-13-3-1-2-11(6-13)8-17-9-12-4-5-14-15(7-12)19-10-18-14/h1-7,17H,8-10H2/p+1. The number of rotatable bonds is 4. The highest BCUT2D eigenvalue weighted by Gasteiger charge is 2.13. The van der Waals surface area contributed by atoms with Gasteiger partial charge in [0.05, 0.1) is 0 Å². The molecule has 2 aromatic rings. The average Bonchev–Trinajstić information content (AvgIpc) is 2.86. The third-order valence-corrected chi connectivity index (χ3v) is 3.58. The third-order valence-electron chi connectivity index (χ3n) is 3.09. The first-order valence-electron chi connectivity index (χ1n) is 6.26. The molecule has 1 heterocycles. The Hall–Kier alpha value is -1.52. The molecule has 3 nitrogen and oxygen atoms in total. The van der Waals surface area contributed by atoms with Crippen LogP contribution in [-0.4, -0.2) is 6.79 Å². The first kappa shape index (κ1) is 12.5. The second kappa shape index (κ2) is 5.63. The van der Waals surface area contributed by atoms with Crippen LogP contribution in [0, 0.1) is 0 Å². The van der Waals surface area contributed by atoms with Gasteiger partial charge in [0.25, 0.3) is 0 Å². The van der Waals surface area contributed by atoms with E-state index >= 15 is 0 Å². The maximum atomic E-state index is 5.38. The summed E-state index contributed by atoms with van der Waals surface area (Å²) in [7, 11) is 0. The Morgan fingerprint density at radius 3 is 2.58 bits per heavy atom. The van der Waals surface area contributed by atoms with Crippen molar-refractivity contribution in [3.8, 4) is 11.5 Å². The van der Waals surface area contributed by atoms with Crippen LogP contribution in [0.1, 0.15) is 11.1 Å². The van der Waals surface area contributed by atoms with Crippen LogP contribution in [0.15, 0.2) is 46.9 Å². The van der Waals surface area contributed by atoms with Gasteiger partial charge in [0.2, 0.25) is 6.79 Å². The van der Waals surface area contributed by atoms with Crippen LogP contribution >= 0.6 is 15.9 Å². The maximum absolute atomic E-state index is 5.38. The summed E-state index contributed by atoms with van der Waals surface area (Å²) in [5.74, 6) is 1.70. The molecule has 2 N–H and O–H groups in total. The number of ether oxygens (including phenoxy) is 2. The van der Waals surface area contributed by atoms with Gasteiger partial charge in [-0.1, -0.05) is 28.1 Å². The molecular formula is C15H15BrNO2+. The molecule has 0 fully saturated rings. The lowest BCUT2D eigenvalue weighted by Crippen LogP contribution is -2.80. The van der Waals surface area contributed by atoms with Gasteiger partial charge in [-0.3, -0.25) is 0 Å². The van der Waals surface area contributed by atoms with Gasteiger partial charge in [-0.2, -0.15) is 0 Å². The molecule has 3 rings (SSSR count). The van der Waals surface area contributed by atoms with Gasteiger partial charge in [0.1, 0.15) is 13.1 Å². The van der Waals surface area contributed by atoms with Crippen LogP contribution in [0.4, 0.5) is 0 Å². The van der Waals surface area contributed by atoms with Crippen molar-refractivity contribution in [3.63, 3.8) is 0 Å². The number of quaternary nitrogens is 1. The summed E-state index contributed by atoms with van der Waals surface area (Å²) in [5, 5.41) is 2.28. The molecule has 0 aliphatic carbocycles. The fourth-order valence-corrected chi connectivity index (χ4v) is 2.58. The van der Waals surface area contributed by atoms with Crippen LogP contribution in [0.5, 0.6) is 11.5 Å². The lowest BCUT2D eigenvalue weighted by atomic mass is 10.2. The van der Waals surface area contributed by atoms with E-state index in [1.807, 2.05) is 12.1 Å². The van der Waals surface area contributed by atoms with Crippen LogP contribution < -0.4 is 14.8 Å². The quantitative estimate of drug-likeness (QED) is 0.939. The van der Waals surface area contributed by atoms with Gasteiger partial charge < -0.3 is 14.8 Å². The van der Waals surface area contributed by atoms with Crippen molar-refractivity contribution in [3.05, 3.63) is 58.1 Å². The van der Waals surface area contributed by atoms with Gasteiger partial charge in [-0.25, -0.2) is 0 Å². The second-order valence-electron chi connectivity index (χ2n) is 4.51. The molecule has 1 aliphatic heterocycles. The Morgan fingerprint density at radius 1 is 0.947 bits per heavy atom. The summed E-state index contributed by atoms with van der Waals surface area (Å²) >= 11 is 3.49. The smallest absolute Gasteiger partial charge is 0.231 e. The summed E-state index contributed by atoms with van der Waals surface area (Å²) in [6.45, 7) is 2.23. The third kappa shape index (κ3) is 3.08. The van der Waals surface area contributed by atoms with Gasteiger partial charge in [0, 0.05) is 15.6 Å². The summed E-state index contributed by atoms with van der Waals surface area (Å²) in [6.07, 6.45) is 0. The minimum Gasteiger partial charge on any atom is -0.454 e. The number of benzene rings is 2. The Labute approximate surface area is 120 Å². The first-order valence-corrected chi connectivity index (χ1v) is 7.05. The predicted molar refractivity (Wildman–Crippen MR) is 76.0 cm³/mol. The molecule has 2 aromatic carbocycles. The molecule has 98 valence electrons. The molecule has 0 bridgehead atoms. The van der Waals surface area contributed by atoms with Crippen molar-refractivity contribution in [1.82, 2.24) is 0 Å². The van der Waals surface area contributed by atoms with Gasteiger partial charge >= 0.3 is 0 Å². The molecule has 0 amide bonds. The van der Waals surface area contributed by atoms with E-state index in [0.717, 1.165) is 29.1 Å². The zero-order valence-electron chi connectivity index (χ0n) is 10.4. The van der Waals surface area contributed by atoms with E-state index < -0.39 is 0 Å². The minimum absolute atomic E-state index is 0.334. The maximum Gasteiger partial charge on any atom is 0.231 e. The highest BCUT2D eigenvalue weighted by atomic mass is 79.9. The van der Waals surface area contributed by atoms with E-state index in [0.29, 0.717) is 6.79 Å². The Kier molecular flexibility index (Phi) is 3.71. The highest BCUT2D eigenvalue weighted by Crippen LogP contribution is 2.32. The lowest BCUT2D eigenvalue weighted by molar-refractivity contribution is -0.686. The molecule has 0 aromatic heterocycles. The van der Waals surface area contributed by atoms with E-state index in [-0.39, 0.29) is 0 Å². The predicted octanol–water partition coefficient (Wildman–Crippen LogP) is 2.44. The molecule has 1 aliphatic rings. The molecule has 0 radical (unpaired) electrons. The van der Waals surface area contributed by atoms with Crippen molar-refractivity contribution < 1.29 is 14.8 Å². The van der Waals surface area contributed by atoms with Crippen LogP contribution in [0.25, 0.3) is 0 Å². The normalized spacial score (nSPS) is 12.7. The zero-order chi connectivity index (χ0) is 13.1. The number of hydrogen-bond acceptors (Lipinski definition) is 2. The van der Waals surface area contributed by atoms with E-state index in [4.69, 9.17) is 9.47 Å². The van der Waals surface area contributed by atoms with Crippen molar-refractivity contribution in [2.45, 2.75) is 13.1 Å². The van der Waals surface area contributed by atoms with Crippen molar-refractivity contribution in [2.24, 2.45) is 0 Å². The SMILES string of the molecule is Brc1cccc(C[NH2+]Cc2ccc3c(c2)OCO3)c1. The monoisotopic (exact) mass is 320 g/mol. The molecule has 0 spiro atoms. The van der Waals surface area contributed by atoms with Crippen LogP contribution in [0.3, 0.4) is 0 Å². The topological polar surface area (TPSA) is 35.1 Å². The van der Waals surface area contributed by atoms with E-state index in [2.05, 4.69) is 51.6 Å². The van der Waals surface area contributed by atoms with Gasteiger partial charge in [-0.15, -0.1) is 0 Å². The molecule has 0 saturated heterocycles. The molecule has 0 atom stereocenters. The highest BCUT2D eigenvalue weighted by molar-refractivity contribution is 9.10. The molecule has 0 saturated carbocycles. The number of nitrogens with two attached hydrogens (primary N) is 1. The van der Waals surface area contributed by atoms with Gasteiger partial charge in [0.15, 0.2) is 11.5 Å². The number of halogens is 1. The Morgan fingerprint density at radius 2 is 1.74 bits per heavy atom. The lowest BCUT2D eigenvalue weighted by Gasteiger charge is -2.04. The zero-order valence-corrected chi connectivity index (χ0v) is 12.0. The second-order valence-corrected chi connectivity index (χ2v) is 5.43. The molecular weight excluding hydrogens is 306 g/mol. The summed E-state index contributed by atoms with van der Waals surface area (Å²) in [4.78, 5) is 0. The van der Waals surface area contributed by atoms with E-state index in [1.54, 1.807) is 0 Å². The minimum atomic E-state index is 0.334. The number of hydrogen-bond donors (Lipinski definition) is 1. The number of fused-ring (bicyclic) bond motifs is 1. The van der Waals surface area contributed by atoms with E-state index in [1.165, 1.54) is 11.1 Å². The molecule has 0 unspecified atom stereocenters. The van der Waals surface area contributed by atoms with Crippen molar-refractivity contribution in [1.29, 1.82) is 0 Å². The molecule has 19 heavy (non-hydrogen) atoms. The fourth-order valence-electron chi connectivity index (χ4n) is 2.14. The molecule has 4 heteroatoms.